The molecule has 116 valence electrons. The molecule has 6 nitrogen and oxygen atoms in total. The van der Waals surface area contributed by atoms with Gasteiger partial charge in [0.2, 0.25) is 0 Å². The molecule has 1 aromatic heterocycles. The number of urea groups is 1. The van der Waals surface area contributed by atoms with Gasteiger partial charge in [0, 0.05) is 30.2 Å². The zero-order chi connectivity index (χ0) is 15.7. The van der Waals surface area contributed by atoms with Crippen molar-refractivity contribution < 1.29 is 14.7 Å². The lowest BCUT2D eigenvalue weighted by atomic mass is 9.91. The van der Waals surface area contributed by atoms with Crippen LogP contribution < -0.4 is 5.32 Å². The molecule has 2 atom stereocenters. The van der Waals surface area contributed by atoms with Gasteiger partial charge in [-0.05, 0) is 30.5 Å². The Morgan fingerprint density at radius 2 is 2.14 bits per heavy atom. The number of carboxylic acid groups (broad SMARTS) is 1. The summed E-state index contributed by atoms with van der Waals surface area (Å²) in [6.45, 7) is 2.82. The van der Waals surface area contributed by atoms with Crippen LogP contribution in [0.1, 0.15) is 13.3 Å². The van der Waals surface area contributed by atoms with Crippen LogP contribution in [-0.4, -0.2) is 40.1 Å². The number of aromatic amines is 1. The van der Waals surface area contributed by atoms with Gasteiger partial charge in [0.15, 0.2) is 0 Å². The third-order valence-corrected chi connectivity index (χ3v) is 4.13. The Hall–Kier alpha value is -2.50. The lowest BCUT2D eigenvalue weighted by Gasteiger charge is -2.34. The number of aromatic nitrogens is 1. The van der Waals surface area contributed by atoms with Crippen molar-refractivity contribution >= 4 is 28.6 Å². The van der Waals surface area contributed by atoms with Crippen LogP contribution in [0, 0.1) is 11.8 Å². The molecule has 3 N–H and O–H groups in total. The molecule has 1 aliphatic rings. The molecule has 2 unspecified atom stereocenters. The van der Waals surface area contributed by atoms with E-state index < -0.39 is 11.9 Å². The number of hydrogen-bond donors (Lipinski definition) is 3. The highest BCUT2D eigenvalue weighted by Crippen LogP contribution is 2.25. The molecule has 1 aliphatic heterocycles. The fourth-order valence-corrected chi connectivity index (χ4v) is 3.08. The number of hydrogen-bond acceptors (Lipinski definition) is 2. The third-order valence-electron chi connectivity index (χ3n) is 4.13. The van der Waals surface area contributed by atoms with Crippen molar-refractivity contribution in [3.8, 4) is 0 Å². The monoisotopic (exact) mass is 301 g/mol. The van der Waals surface area contributed by atoms with E-state index in [0.717, 1.165) is 16.6 Å². The summed E-state index contributed by atoms with van der Waals surface area (Å²) < 4.78 is 0. The molecule has 1 fully saturated rings. The highest BCUT2D eigenvalue weighted by Gasteiger charge is 2.32. The molecule has 1 aromatic carbocycles. The van der Waals surface area contributed by atoms with Gasteiger partial charge in [-0.15, -0.1) is 0 Å². The van der Waals surface area contributed by atoms with Crippen molar-refractivity contribution in [3.05, 3.63) is 30.5 Å². The molecule has 2 heterocycles. The van der Waals surface area contributed by atoms with E-state index in [1.165, 1.54) is 0 Å². The number of amides is 2. The summed E-state index contributed by atoms with van der Waals surface area (Å²) in [6, 6.07) is 7.31. The minimum absolute atomic E-state index is 0.184. The Kier molecular flexibility index (Phi) is 3.75. The molecule has 0 saturated carbocycles. The maximum absolute atomic E-state index is 12.5. The number of H-pyrrole nitrogens is 1. The van der Waals surface area contributed by atoms with Crippen molar-refractivity contribution in [2.24, 2.45) is 11.8 Å². The number of carbonyl (C=O) groups excluding carboxylic acids is 1. The fourth-order valence-electron chi connectivity index (χ4n) is 3.08. The molecule has 2 aromatic rings. The van der Waals surface area contributed by atoms with Gasteiger partial charge < -0.3 is 20.3 Å². The zero-order valence-corrected chi connectivity index (χ0v) is 12.4. The Balaban J connectivity index is 1.76. The number of aliphatic carboxylic acids is 1. The fraction of sp³-hybridized carbons (Fsp3) is 0.375. The van der Waals surface area contributed by atoms with Crippen LogP contribution in [0.4, 0.5) is 10.5 Å². The van der Waals surface area contributed by atoms with Crippen LogP contribution in [0.15, 0.2) is 30.5 Å². The predicted molar refractivity (Wildman–Crippen MR) is 83.8 cm³/mol. The van der Waals surface area contributed by atoms with Crippen LogP contribution in [0.2, 0.25) is 0 Å². The minimum Gasteiger partial charge on any atom is -0.481 e. The van der Waals surface area contributed by atoms with Crippen LogP contribution in [0.5, 0.6) is 0 Å². The Bertz CT molecular complexity index is 709. The van der Waals surface area contributed by atoms with E-state index in [4.69, 9.17) is 0 Å². The molecule has 1 saturated heterocycles. The van der Waals surface area contributed by atoms with Gasteiger partial charge in [-0.25, -0.2) is 4.79 Å². The summed E-state index contributed by atoms with van der Waals surface area (Å²) in [5, 5.41) is 13.0. The van der Waals surface area contributed by atoms with E-state index >= 15 is 0 Å². The number of anilines is 1. The number of piperidine rings is 1. The van der Waals surface area contributed by atoms with Crippen molar-refractivity contribution in [1.82, 2.24) is 9.88 Å². The normalized spacial score (nSPS) is 21.8. The first kappa shape index (κ1) is 14.4. The van der Waals surface area contributed by atoms with E-state index in [0.29, 0.717) is 13.0 Å². The first-order chi connectivity index (χ1) is 10.5. The number of carbonyl (C=O) groups is 2. The lowest BCUT2D eigenvalue weighted by molar-refractivity contribution is -0.143. The van der Waals surface area contributed by atoms with Crippen LogP contribution in [-0.2, 0) is 4.79 Å². The molecule has 3 rings (SSSR count). The quantitative estimate of drug-likeness (QED) is 0.797. The Labute approximate surface area is 128 Å². The molecule has 6 heteroatoms. The maximum Gasteiger partial charge on any atom is 0.321 e. The summed E-state index contributed by atoms with van der Waals surface area (Å²) in [5.41, 5.74) is 1.68. The van der Waals surface area contributed by atoms with Crippen molar-refractivity contribution in [2.75, 3.05) is 18.4 Å². The second kappa shape index (κ2) is 5.71. The number of likely N-dealkylation sites (tertiary alicyclic amines) is 1. The van der Waals surface area contributed by atoms with Gasteiger partial charge in [0.05, 0.1) is 11.6 Å². The predicted octanol–water partition coefficient (Wildman–Crippen LogP) is 2.74. The van der Waals surface area contributed by atoms with Gasteiger partial charge in [-0.3, -0.25) is 4.79 Å². The smallest absolute Gasteiger partial charge is 0.321 e. The van der Waals surface area contributed by atoms with Crippen LogP contribution in [0.25, 0.3) is 10.9 Å². The van der Waals surface area contributed by atoms with Crippen molar-refractivity contribution in [1.29, 1.82) is 0 Å². The van der Waals surface area contributed by atoms with E-state index in [1.54, 1.807) is 4.90 Å². The van der Waals surface area contributed by atoms with Crippen molar-refractivity contribution in [2.45, 2.75) is 13.3 Å². The summed E-state index contributed by atoms with van der Waals surface area (Å²) in [6.07, 6.45) is 2.44. The maximum atomic E-state index is 12.5. The van der Waals surface area contributed by atoms with Gasteiger partial charge in [-0.2, -0.15) is 0 Å². The number of nitrogens with one attached hydrogen (secondary N) is 2. The number of rotatable bonds is 2. The number of benzene rings is 1. The molecular weight excluding hydrogens is 282 g/mol. The molecule has 0 radical (unpaired) electrons. The lowest BCUT2D eigenvalue weighted by Crippen LogP contribution is -2.47. The first-order valence-corrected chi connectivity index (χ1v) is 7.39. The van der Waals surface area contributed by atoms with Gasteiger partial charge in [0.25, 0.3) is 0 Å². The topological polar surface area (TPSA) is 85.4 Å². The Morgan fingerprint density at radius 3 is 2.91 bits per heavy atom. The van der Waals surface area contributed by atoms with E-state index in [2.05, 4.69) is 10.3 Å². The van der Waals surface area contributed by atoms with E-state index in [9.17, 15) is 14.7 Å². The second-order valence-corrected chi connectivity index (χ2v) is 5.96. The largest absolute Gasteiger partial charge is 0.481 e. The third kappa shape index (κ3) is 2.77. The zero-order valence-electron chi connectivity index (χ0n) is 12.4. The molecule has 22 heavy (non-hydrogen) atoms. The van der Waals surface area contributed by atoms with Gasteiger partial charge >= 0.3 is 12.0 Å². The number of nitrogens with zero attached hydrogens (tertiary/aromatic N) is 1. The number of carboxylic acids is 1. The second-order valence-electron chi connectivity index (χ2n) is 5.96. The van der Waals surface area contributed by atoms with Gasteiger partial charge in [0.1, 0.15) is 0 Å². The molecule has 2 amide bonds. The van der Waals surface area contributed by atoms with Crippen LogP contribution >= 0.6 is 0 Å². The van der Waals surface area contributed by atoms with E-state index in [1.807, 2.05) is 37.4 Å². The SMILES string of the molecule is CC1CC(C(=O)O)CN(C(=O)Nc2cccc3[nH]ccc23)C1. The average Bonchev–Trinajstić information content (AvgIpc) is 2.96. The summed E-state index contributed by atoms with van der Waals surface area (Å²) >= 11 is 0. The van der Waals surface area contributed by atoms with Crippen LogP contribution in [0.3, 0.4) is 0 Å². The van der Waals surface area contributed by atoms with E-state index in [-0.39, 0.29) is 18.5 Å². The number of fused-ring (bicyclic) bond motifs is 1. The van der Waals surface area contributed by atoms with Gasteiger partial charge in [-0.1, -0.05) is 13.0 Å². The standard InChI is InChI=1S/C16H19N3O3/c1-10-7-11(15(20)21)9-19(8-10)16(22)18-14-4-2-3-13-12(14)5-6-17-13/h2-6,10-11,17H,7-9H2,1H3,(H,18,22)(H,20,21). The molecule has 0 aliphatic carbocycles. The molecular formula is C16H19N3O3. The first-order valence-electron chi connectivity index (χ1n) is 7.39. The summed E-state index contributed by atoms with van der Waals surface area (Å²) in [5.74, 6) is -1.14. The average molecular weight is 301 g/mol. The minimum atomic E-state index is -0.836. The molecule has 0 spiro atoms. The van der Waals surface area contributed by atoms with Crippen molar-refractivity contribution in [3.63, 3.8) is 0 Å². The Morgan fingerprint density at radius 1 is 1.32 bits per heavy atom. The summed E-state index contributed by atoms with van der Waals surface area (Å²) in [4.78, 5) is 28.4. The highest BCUT2D eigenvalue weighted by molar-refractivity contribution is 6.00. The highest BCUT2D eigenvalue weighted by atomic mass is 16.4. The molecule has 0 bridgehead atoms. The summed E-state index contributed by atoms with van der Waals surface area (Å²) in [7, 11) is 0.